The Hall–Kier alpha value is -0.860. The normalized spacial score (nSPS) is 14.8. The number of ether oxygens (including phenoxy) is 1. The van der Waals surface area contributed by atoms with E-state index in [0.29, 0.717) is 13.0 Å². The van der Waals surface area contributed by atoms with Crippen molar-refractivity contribution < 1.29 is 18.4 Å². The van der Waals surface area contributed by atoms with Gasteiger partial charge in [-0.25, -0.2) is 13.1 Å². The van der Waals surface area contributed by atoms with Gasteiger partial charge < -0.3 is 15.7 Å². The molecule has 0 aromatic carbocycles. The number of sulfonamides is 1. The highest BCUT2D eigenvalue weighted by atomic mass is 32.2. The summed E-state index contributed by atoms with van der Waals surface area (Å²) in [5.41, 5.74) is 5.33. The Morgan fingerprint density at radius 1 is 1.53 bits per heavy atom. The van der Waals surface area contributed by atoms with Crippen molar-refractivity contribution in [3.63, 3.8) is 0 Å². The molecule has 0 aromatic heterocycles. The first kappa shape index (κ1) is 16.1. The van der Waals surface area contributed by atoms with Crippen LogP contribution >= 0.6 is 0 Å². The molecule has 17 heavy (non-hydrogen) atoms. The highest BCUT2D eigenvalue weighted by molar-refractivity contribution is 7.89. The lowest BCUT2D eigenvalue weighted by molar-refractivity contribution is 0.163. The van der Waals surface area contributed by atoms with Gasteiger partial charge in [0.25, 0.3) is 0 Å². The quantitative estimate of drug-likeness (QED) is 0.177. The summed E-state index contributed by atoms with van der Waals surface area (Å²) in [7, 11) is -3.39. The van der Waals surface area contributed by atoms with E-state index in [1.165, 1.54) is 0 Å². The minimum atomic E-state index is -3.39. The van der Waals surface area contributed by atoms with Crippen molar-refractivity contribution in [3.05, 3.63) is 0 Å². The monoisotopic (exact) mass is 267 g/mol. The molecule has 1 atom stereocenters. The largest absolute Gasteiger partial charge is 0.409 e. The van der Waals surface area contributed by atoms with E-state index in [1.807, 2.05) is 6.92 Å². The zero-order valence-corrected chi connectivity index (χ0v) is 11.0. The van der Waals surface area contributed by atoms with Gasteiger partial charge in [-0.2, -0.15) is 0 Å². The predicted molar refractivity (Wildman–Crippen MR) is 65.5 cm³/mol. The van der Waals surface area contributed by atoms with Gasteiger partial charge in [0.2, 0.25) is 10.0 Å². The van der Waals surface area contributed by atoms with Crippen molar-refractivity contribution >= 4 is 15.9 Å². The first-order valence-corrected chi connectivity index (χ1v) is 7.14. The number of nitrogens with two attached hydrogens (primary N) is 1. The SMILES string of the molecule is CCOCCS(=O)(=O)NC(CC)C/C(N)=N/O. The van der Waals surface area contributed by atoms with Gasteiger partial charge in [-0.05, 0) is 13.3 Å². The summed E-state index contributed by atoms with van der Waals surface area (Å²) >= 11 is 0. The minimum absolute atomic E-state index is 0.00404. The molecule has 4 N–H and O–H groups in total. The van der Waals surface area contributed by atoms with Gasteiger partial charge in [0.15, 0.2) is 0 Å². The number of nitrogens with zero attached hydrogens (tertiary/aromatic N) is 1. The van der Waals surface area contributed by atoms with Gasteiger partial charge in [-0.1, -0.05) is 12.1 Å². The summed E-state index contributed by atoms with van der Waals surface area (Å²) in [5.74, 6) is -0.0857. The summed E-state index contributed by atoms with van der Waals surface area (Å²) < 4.78 is 30.7. The fourth-order valence-corrected chi connectivity index (χ4v) is 2.40. The van der Waals surface area contributed by atoms with Crippen molar-refractivity contribution in [2.75, 3.05) is 19.0 Å². The Bertz CT molecular complexity index is 329. The molecule has 0 aliphatic rings. The van der Waals surface area contributed by atoms with Crippen LogP contribution in [0.4, 0.5) is 0 Å². The van der Waals surface area contributed by atoms with Gasteiger partial charge in [0.05, 0.1) is 12.4 Å². The van der Waals surface area contributed by atoms with Crippen molar-refractivity contribution in [2.45, 2.75) is 32.7 Å². The van der Waals surface area contributed by atoms with E-state index in [9.17, 15) is 8.42 Å². The number of amidine groups is 1. The van der Waals surface area contributed by atoms with Crippen LogP contribution in [0.3, 0.4) is 0 Å². The summed E-state index contributed by atoms with van der Waals surface area (Å²) in [6.45, 7) is 4.26. The fraction of sp³-hybridized carbons (Fsp3) is 0.889. The van der Waals surface area contributed by atoms with E-state index in [4.69, 9.17) is 15.7 Å². The predicted octanol–water partition coefficient (Wildman–Crippen LogP) is -0.143. The van der Waals surface area contributed by atoms with Gasteiger partial charge >= 0.3 is 0 Å². The minimum Gasteiger partial charge on any atom is -0.409 e. The summed E-state index contributed by atoms with van der Waals surface area (Å²) in [6.07, 6.45) is 0.741. The lowest BCUT2D eigenvalue weighted by Gasteiger charge is -2.16. The van der Waals surface area contributed by atoms with Crippen molar-refractivity contribution in [2.24, 2.45) is 10.9 Å². The van der Waals surface area contributed by atoms with Gasteiger partial charge in [0, 0.05) is 19.1 Å². The Labute approximate surface area is 102 Å². The highest BCUT2D eigenvalue weighted by Gasteiger charge is 2.17. The molecule has 7 nitrogen and oxygen atoms in total. The van der Waals surface area contributed by atoms with Crippen LogP contribution in [0.5, 0.6) is 0 Å². The molecule has 0 rings (SSSR count). The van der Waals surface area contributed by atoms with Crippen LogP contribution in [-0.4, -0.2) is 44.5 Å². The molecular weight excluding hydrogens is 246 g/mol. The van der Waals surface area contributed by atoms with E-state index in [1.54, 1.807) is 6.92 Å². The standard InChI is InChI=1S/C9H21N3O4S/c1-3-8(7-9(10)11-13)12-17(14,15)6-5-16-4-2/h8,12-13H,3-7H2,1-2H3,(H2,10,11). The summed E-state index contributed by atoms with van der Waals surface area (Å²) in [6, 6.07) is -0.363. The molecule has 0 fully saturated rings. The van der Waals surface area contributed by atoms with Crippen molar-refractivity contribution in [3.8, 4) is 0 Å². The maximum Gasteiger partial charge on any atom is 0.214 e. The second-order valence-corrected chi connectivity index (χ2v) is 5.41. The Morgan fingerprint density at radius 3 is 2.65 bits per heavy atom. The molecular formula is C9H21N3O4S. The van der Waals surface area contributed by atoms with E-state index in [-0.39, 0.29) is 30.7 Å². The van der Waals surface area contributed by atoms with Crippen LogP contribution in [0.1, 0.15) is 26.7 Å². The van der Waals surface area contributed by atoms with Gasteiger partial charge in [0.1, 0.15) is 5.84 Å². The van der Waals surface area contributed by atoms with Crippen LogP contribution in [0.15, 0.2) is 5.16 Å². The molecule has 0 saturated carbocycles. The highest BCUT2D eigenvalue weighted by Crippen LogP contribution is 2.00. The number of hydrogen-bond donors (Lipinski definition) is 3. The fourth-order valence-electron chi connectivity index (χ4n) is 1.19. The molecule has 0 aliphatic heterocycles. The number of hydrogen-bond acceptors (Lipinski definition) is 5. The van der Waals surface area contributed by atoms with Crippen LogP contribution < -0.4 is 10.5 Å². The van der Waals surface area contributed by atoms with Crippen molar-refractivity contribution in [1.29, 1.82) is 0 Å². The van der Waals surface area contributed by atoms with E-state index >= 15 is 0 Å². The molecule has 0 radical (unpaired) electrons. The van der Waals surface area contributed by atoms with Gasteiger partial charge in [-0.3, -0.25) is 0 Å². The number of nitrogens with one attached hydrogen (secondary N) is 1. The van der Waals surface area contributed by atoms with Crippen LogP contribution in [-0.2, 0) is 14.8 Å². The topological polar surface area (TPSA) is 114 Å². The van der Waals surface area contributed by atoms with E-state index in [2.05, 4.69) is 9.88 Å². The molecule has 0 saturated heterocycles. The average Bonchev–Trinajstić information content (AvgIpc) is 2.27. The van der Waals surface area contributed by atoms with Gasteiger partial charge in [-0.15, -0.1) is 0 Å². The van der Waals surface area contributed by atoms with Crippen LogP contribution in [0.25, 0.3) is 0 Å². The van der Waals surface area contributed by atoms with Crippen molar-refractivity contribution in [1.82, 2.24) is 4.72 Å². The zero-order valence-electron chi connectivity index (χ0n) is 10.2. The summed E-state index contributed by atoms with van der Waals surface area (Å²) in [4.78, 5) is 0. The Morgan fingerprint density at radius 2 is 2.18 bits per heavy atom. The first-order valence-electron chi connectivity index (χ1n) is 5.49. The van der Waals surface area contributed by atoms with Crippen LogP contribution in [0, 0.1) is 0 Å². The maximum atomic E-state index is 11.6. The molecule has 0 spiro atoms. The zero-order chi connectivity index (χ0) is 13.3. The molecule has 0 aromatic rings. The average molecular weight is 267 g/mol. The molecule has 0 bridgehead atoms. The van der Waals surface area contributed by atoms with E-state index in [0.717, 1.165) is 0 Å². The first-order chi connectivity index (χ1) is 7.95. The molecule has 8 heteroatoms. The maximum absolute atomic E-state index is 11.6. The third kappa shape index (κ3) is 7.94. The molecule has 102 valence electrons. The molecule has 0 aliphatic carbocycles. The third-order valence-corrected chi connectivity index (χ3v) is 3.52. The third-order valence-electron chi connectivity index (χ3n) is 2.12. The smallest absolute Gasteiger partial charge is 0.214 e. The lowest BCUT2D eigenvalue weighted by atomic mass is 10.1. The second kappa shape index (κ2) is 8.26. The van der Waals surface area contributed by atoms with E-state index < -0.39 is 10.0 Å². The summed E-state index contributed by atoms with van der Waals surface area (Å²) in [5, 5.41) is 11.2. The van der Waals surface area contributed by atoms with Crippen LogP contribution in [0.2, 0.25) is 0 Å². The second-order valence-electron chi connectivity index (χ2n) is 3.53. The molecule has 0 heterocycles. The lowest BCUT2D eigenvalue weighted by Crippen LogP contribution is -2.39. The Balaban J connectivity index is 4.25. The Kier molecular flexibility index (Phi) is 7.85. The molecule has 1 unspecified atom stereocenters. The number of oxime groups is 1. The number of rotatable bonds is 9. The molecule has 0 amide bonds.